The van der Waals surface area contributed by atoms with Crippen LogP contribution in [0, 0.1) is 16.2 Å². The minimum absolute atomic E-state index is 0.0480. The van der Waals surface area contributed by atoms with Gasteiger partial charge < -0.3 is 19.0 Å². The largest absolute Gasteiger partial charge is 0.407 e. The Hall–Kier alpha value is -1.50. The summed E-state index contributed by atoms with van der Waals surface area (Å²) in [6, 6.07) is 21.8. The summed E-state index contributed by atoms with van der Waals surface area (Å²) in [5.74, 6) is -0.603. The van der Waals surface area contributed by atoms with E-state index in [0.717, 1.165) is 25.7 Å². The first kappa shape index (κ1) is 24.8. The quantitative estimate of drug-likeness (QED) is 0.578. The summed E-state index contributed by atoms with van der Waals surface area (Å²) >= 11 is 0. The second-order valence-electron chi connectivity index (χ2n) is 13.3. The molecule has 2 spiro atoms. The Labute approximate surface area is 217 Å². The van der Waals surface area contributed by atoms with Crippen LogP contribution in [0.3, 0.4) is 0 Å². The van der Waals surface area contributed by atoms with E-state index in [-0.39, 0.29) is 33.5 Å². The van der Waals surface area contributed by atoms with Gasteiger partial charge in [0.15, 0.2) is 5.79 Å². The summed E-state index contributed by atoms with van der Waals surface area (Å²) in [7, 11) is -2.68. The lowest BCUT2D eigenvalue weighted by atomic mass is 9.35. The average Bonchev–Trinajstić information content (AvgIpc) is 3.23. The molecule has 4 saturated carbocycles. The van der Waals surface area contributed by atoms with E-state index in [9.17, 15) is 5.11 Å². The molecule has 0 aromatic heterocycles. The van der Waals surface area contributed by atoms with Crippen LogP contribution in [-0.2, 0) is 13.9 Å². The minimum Gasteiger partial charge on any atom is -0.407 e. The van der Waals surface area contributed by atoms with Crippen LogP contribution in [-0.4, -0.2) is 44.6 Å². The van der Waals surface area contributed by atoms with Gasteiger partial charge in [-0.3, -0.25) is 0 Å². The van der Waals surface area contributed by atoms with Gasteiger partial charge in [0, 0.05) is 22.9 Å². The van der Waals surface area contributed by atoms with Gasteiger partial charge >= 0.3 is 0 Å². The molecule has 36 heavy (non-hydrogen) atoms. The predicted octanol–water partition coefficient (Wildman–Crippen LogP) is 5.03. The molecule has 1 aliphatic heterocycles. The monoisotopic (exact) mass is 506 g/mol. The van der Waals surface area contributed by atoms with Gasteiger partial charge in [-0.1, -0.05) is 94.3 Å². The number of benzene rings is 2. The zero-order chi connectivity index (χ0) is 25.5. The first-order valence-electron chi connectivity index (χ1n) is 13.8. The van der Waals surface area contributed by atoms with E-state index < -0.39 is 14.1 Å². The van der Waals surface area contributed by atoms with Crippen molar-refractivity contribution in [1.29, 1.82) is 0 Å². The fourth-order valence-electron chi connectivity index (χ4n) is 9.02. The van der Waals surface area contributed by atoms with Crippen molar-refractivity contribution in [2.45, 2.75) is 89.8 Å². The maximum absolute atomic E-state index is 11.6. The van der Waals surface area contributed by atoms with Gasteiger partial charge in [0.25, 0.3) is 8.32 Å². The molecule has 4 nitrogen and oxygen atoms in total. The topological polar surface area (TPSA) is 47.9 Å². The number of aliphatic hydroxyl groups excluding tert-OH is 1. The molecular formula is C31H42O4Si. The van der Waals surface area contributed by atoms with Gasteiger partial charge in [0.05, 0.1) is 18.8 Å². The molecule has 1 saturated heterocycles. The first-order chi connectivity index (χ1) is 17.0. The number of ether oxygens (including phenoxy) is 2. The number of hydrogen-bond donors (Lipinski definition) is 1. The minimum atomic E-state index is -2.68. The average molecular weight is 507 g/mol. The standard InChI is InChI=1S/C31H42O4Si/c1-27(2,3)36(23-14-8-6-9-15-23,24-16-10-7-11-17-24)34-22-30-18-12-13-19-31(30)25(32)20-29(30)21-33-28(4,5)35-26(29)31/h6-11,14-17,25-26,32H,12-13,18-22H2,1-5H3/t25-,26+,29-,30+,31-/m0/s1. The maximum Gasteiger partial charge on any atom is 0.261 e. The van der Waals surface area contributed by atoms with Gasteiger partial charge in [-0.05, 0) is 48.5 Å². The van der Waals surface area contributed by atoms with Gasteiger partial charge in [0.1, 0.15) is 0 Å². The molecule has 5 fully saturated rings. The van der Waals surface area contributed by atoms with Crippen LogP contribution in [0.15, 0.2) is 60.7 Å². The summed E-state index contributed by atoms with van der Waals surface area (Å²) in [6.07, 6.45) is 4.87. The van der Waals surface area contributed by atoms with Crippen LogP contribution in [0.25, 0.3) is 0 Å². The van der Waals surface area contributed by atoms with E-state index in [4.69, 9.17) is 13.9 Å². The lowest BCUT2D eigenvalue weighted by molar-refractivity contribution is -0.426. The lowest BCUT2D eigenvalue weighted by Crippen LogP contribution is -2.80. The van der Waals surface area contributed by atoms with E-state index >= 15 is 0 Å². The molecule has 2 aromatic rings. The Kier molecular flexibility index (Phi) is 5.51. The van der Waals surface area contributed by atoms with Crippen molar-refractivity contribution in [2.24, 2.45) is 16.2 Å². The Morgan fingerprint density at radius 1 is 0.944 bits per heavy atom. The molecule has 5 atom stereocenters. The molecule has 0 radical (unpaired) electrons. The second-order valence-corrected chi connectivity index (χ2v) is 17.6. The Balaban J connectivity index is 1.46. The fourth-order valence-corrected chi connectivity index (χ4v) is 13.6. The van der Waals surface area contributed by atoms with Crippen LogP contribution in [0.5, 0.6) is 0 Å². The van der Waals surface area contributed by atoms with Crippen LogP contribution in [0.2, 0.25) is 5.04 Å². The highest BCUT2D eigenvalue weighted by molar-refractivity contribution is 6.99. The fraction of sp³-hybridized carbons (Fsp3) is 0.613. The number of hydrogen-bond acceptors (Lipinski definition) is 4. The summed E-state index contributed by atoms with van der Waals surface area (Å²) in [6.45, 7) is 12.4. The van der Waals surface area contributed by atoms with Crippen LogP contribution >= 0.6 is 0 Å². The molecule has 2 bridgehead atoms. The predicted molar refractivity (Wildman–Crippen MR) is 145 cm³/mol. The van der Waals surface area contributed by atoms with Gasteiger partial charge in [0.2, 0.25) is 0 Å². The second kappa shape index (κ2) is 8.00. The molecule has 1 N–H and O–H groups in total. The van der Waals surface area contributed by atoms with E-state index in [1.807, 2.05) is 13.8 Å². The van der Waals surface area contributed by atoms with Crippen molar-refractivity contribution in [3.63, 3.8) is 0 Å². The highest BCUT2D eigenvalue weighted by atomic mass is 28.4. The van der Waals surface area contributed by atoms with Crippen molar-refractivity contribution >= 4 is 18.7 Å². The Morgan fingerprint density at radius 2 is 1.53 bits per heavy atom. The Morgan fingerprint density at radius 3 is 2.11 bits per heavy atom. The lowest BCUT2D eigenvalue weighted by Gasteiger charge is -2.74. The molecule has 2 aromatic carbocycles. The molecule has 7 rings (SSSR count). The van der Waals surface area contributed by atoms with Crippen LogP contribution in [0.1, 0.15) is 66.7 Å². The summed E-state index contributed by atoms with van der Waals surface area (Å²) in [4.78, 5) is 0. The normalized spacial score (nSPS) is 37.1. The highest BCUT2D eigenvalue weighted by Crippen LogP contribution is 2.84. The third-order valence-corrected chi connectivity index (χ3v) is 15.4. The molecule has 4 aliphatic carbocycles. The molecule has 194 valence electrons. The van der Waals surface area contributed by atoms with Crippen molar-refractivity contribution in [1.82, 2.24) is 0 Å². The number of rotatable bonds is 5. The molecule has 0 unspecified atom stereocenters. The van der Waals surface area contributed by atoms with Gasteiger partial charge in [-0.25, -0.2) is 0 Å². The molecular weight excluding hydrogens is 464 g/mol. The third kappa shape index (κ3) is 2.95. The highest BCUT2D eigenvalue weighted by Gasteiger charge is 2.89. The van der Waals surface area contributed by atoms with E-state index in [0.29, 0.717) is 13.2 Å². The third-order valence-electron chi connectivity index (χ3n) is 10.4. The zero-order valence-corrected chi connectivity index (χ0v) is 23.5. The Bertz CT molecular complexity index is 1070. The molecule has 0 amide bonds. The first-order valence-corrected chi connectivity index (χ1v) is 15.7. The molecule has 5 heteroatoms. The zero-order valence-electron chi connectivity index (χ0n) is 22.5. The molecule has 5 aliphatic rings. The van der Waals surface area contributed by atoms with Crippen molar-refractivity contribution < 1.29 is 19.0 Å². The summed E-state index contributed by atoms with van der Waals surface area (Å²) < 4.78 is 20.5. The van der Waals surface area contributed by atoms with E-state index in [2.05, 4.69) is 81.4 Å². The van der Waals surface area contributed by atoms with Gasteiger partial charge in [-0.15, -0.1) is 0 Å². The maximum atomic E-state index is 11.6. The summed E-state index contributed by atoms with van der Waals surface area (Å²) in [5, 5.41) is 14.2. The van der Waals surface area contributed by atoms with Gasteiger partial charge in [-0.2, -0.15) is 0 Å². The number of fused-ring (bicyclic) bond motifs is 1. The molecule has 1 heterocycles. The smallest absolute Gasteiger partial charge is 0.261 e. The number of aliphatic hydroxyl groups is 1. The van der Waals surface area contributed by atoms with Crippen LogP contribution < -0.4 is 10.4 Å². The summed E-state index contributed by atoms with van der Waals surface area (Å²) in [5.41, 5.74) is -0.530. The van der Waals surface area contributed by atoms with Crippen LogP contribution in [0.4, 0.5) is 0 Å². The van der Waals surface area contributed by atoms with Crippen molar-refractivity contribution in [3.05, 3.63) is 60.7 Å². The van der Waals surface area contributed by atoms with E-state index in [1.54, 1.807) is 0 Å². The SMILES string of the molecule is CC1(C)OC[C@]23C[C@H](O)[C@@]4(CCCC[C@@]24CO[Si](c2ccccc2)(c2ccccc2)C(C)(C)C)[C@@H]3O1. The van der Waals surface area contributed by atoms with Crippen molar-refractivity contribution in [2.75, 3.05) is 13.2 Å². The van der Waals surface area contributed by atoms with E-state index in [1.165, 1.54) is 16.8 Å². The van der Waals surface area contributed by atoms with Crippen molar-refractivity contribution in [3.8, 4) is 0 Å².